The van der Waals surface area contributed by atoms with Gasteiger partial charge >= 0.3 is 5.97 Å². The van der Waals surface area contributed by atoms with Crippen LogP contribution in [-0.2, 0) is 30.3 Å². The molecule has 1 fully saturated rings. The van der Waals surface area contributed by atoms with E-state index >= 15 is 0 Å². The van der Waals surface area contributed by atoms with Gasteiger partial charge in [-0.15, -0.1) is 0 Å². The van der Waals surface area contributed by atoms with Crippen LogP contribution in [0.2, 0.25) is 0 Å². The van der Waals surface area contributed by atoms with E-state index in [9.17, 15) is 19.2 Å². The number of amides is 3. The van der Waals surface area contributed by atoms with Gasteiger partial charge in [0.05, 0.1) is 6.42 Å². The molecule has 194 valence electrons. The zero-order chi connectivity index (χ0) is 26.0. The molecular weight excluding hydrogens is 446 g/mol. The number of unbranched alkanes of at least 4 members (excludes halogenated alkanes) is 1. The van der Waals surface area contributed by atoms with E-state index < -0.39 is 42.0 Å². The first-order chi connectivity index (χ1) is 16.7. The zero-order valence-corrected chi connectivity index (χ0v) is 21.6. The molecule has 3 N–H and O–H groups in total. The van der Waals surface area contributed by atoms with Crippen molar-refractivity contribution in [3.8, 4) is 0 Å². The highest BCUT2D eigenvalue weighted by molar-refractivity contribution is 5.94. The van der Waals surface area contributed by atoms with Gasteiger partial charge in [0.15, 0.2) is 0 Å². The van der Waals surface area contributed by atoms with Crippen molar-refractivity contribution in [3.63, 3.8) is 0 Å². The largest absolute Gasteiger partial charge is 0.460 e. The van der Waals surface area contributed by atoms with Gasteiger partial charge in [0.1, 0.15) is 24.2 Å². The summed E-state index contributed by atoms with van der Waals surface area (Å²) in [6.07, 6.45) is 2.95. The second kappa shape index (κ2) is 13.9. The van der Waals surface area contributed by atoms with Crippen LogP contribution in [-0.4, -0.2) is 47.9 Å². The number of carbonyl (C=O) groups is 4. The van der Waals surface area contributed by atoms with Gasteiger partial charge in [-0.2, -0.15) is 0 Å². The fourth-order valence-corrected chi connectivity index (χ4v) is 4.12. The maximum atomic E-state index is 13.2. The third-order valence-electron chi connectivity index (χ3n) is 6.75. The standard InChI is InChI=1S/C27H41N3O5/c1-6-8-12-18(4)22-16-23(31)29-21(15-20-13-10-9-11-14-20)26(33)28-19(5)25(32)30-24(17(3)7-2)27(34)35-22/h9-11,13-14,17-19,21-22,24H,6-8,12,15-16H2,1-5H3,(H,28,33)(H,29,31)(H,30,32)/t17-,18+,19+,21-,22+,24-/m1/s1. The van der Waals surface area contributed by atoms with Gasteiger partial charge in [-0.3, -0.25) is 14.4 Å². The number of hydrogen-bond acceptors (Lipinski definition) is 5. The first-order valence-corrected chi connectivity index (χ1v) is 12.8. The van der Waals surface area contributed by atoms with Gasteiger partial charge in [-0.25, -0.2) is 4.79 Å². The fraction of sp³-hybridized carbons (Fsp3) is 0.630. The summed E-state index contributed by atoms with van der Waals surface area (Å²) in [7, 11) is 0. The molecule has 0 spiro atoms. The predicted molar refractivity (Wildman–Crippen MR) is 134 cm³/mol. The van der Waals surface area contributed by atoms with Gasteiger partial charge in [0.2, 0.25) is 17.7 Å². The predicted octanol–water partition coefficient (Wildman–Crippen LogP) is 2.89. The Labute approximate surface area is 208 Å². The molecule has 0 saturated carbocycles. The van der Waals surface area contributed by atoms with Crippen LogP contribution in [0, 0.1) is 11.8 Å². The van der Waals surface area contributed by atoms with Crippen molar-refractivity contribution in [2.45, 2.75) is 97.4 Å². The third-order valence-corrected chi connectivity index (χ3v) is 6.75. The molecular formula is C27H41N3O5. The van der Waals surface area contributed by atoms with Crippen LogP contribution in [0.1, 0.15) is 72.3 Å². The second-order valence-electron chi connectivity index (χ2n) is 9.71. The highest BCUT2D eigenvalue weighted by Gasteiger charge is 2.35. The maximum absolute atomic E-state index is 13.2. The fourth-order valence-electron chi connectivity index (χ4n) is 4.12. The highest BCUT2D eigenvalue weighted by Crippen LogP contribution is 2.21. The average molecular weight is 488 g/mol. The van der Waals surface area contributed by atoms with Crippen LogP contribution in [0.3, 0.4) is 0 Å². The minimum Gasteiger partial charge on any atom is -0.460 e. The van der Waals surface area contributed by atoms with E-state index in [1.165, 1.54) is 0 Å². The molecule has 2 rings (SSSR count). The van der Waals surface area contributed by atoms with Crippen molar-refractivity contribution in [2.24, 2.45) is 11.8 Å². The Bertz CT molecular complexity index is 860. The lowest BCUT2D eigenvalue weighted by Crippen LogP contribution is -2.55. The van der Waals surface area contributed by atoms with E-state index in [0.717, 1.165) is 24.8 Å². The number of esters is 1. The normalized spacial score (nSPS) is 26.1. The van der Waals surface area contributed by atoms with Crippen LogP contribution in [0.5, 0.6) is 0 Å². The Balaban J connectivity index is 2.37. The van der Waals surface area contributed by atoms with E-state index in [1.54, 1.807) is 6.92 Å². The van der Waals surface area contributed by atoms with Crippen LogP contribution in [0.25, 0.3) is 0 Å². The van der Waals surface area contributed by atoms with Crippen LogP contribution in [0.15, 0.2) is 30.3 Å². The smallest absolute Gasteiger partial charge is 0.329 e. The molecule has 1 aromatic carbocycles. The number of carbonyl (C=O) groups excluding carboxylic acids is 4. The number of rotatable bonds is 8. The molecule has 3 amide bonds. The summed E-state index contributed by atoms with van der Waals surface area (Å²) in [5.41, 5.74) is 0.880. The van der Waals surface area contributed by atoms with E-state index in [-0.39, 0.29) is 30.6 Å². The topological polar surface area (TPSA) is 114 Å². The molecule has 0 aromatic heterocycles. The second-order valence-corrected chi connectivity index (χ2v) is 9.71. The SMILES string of the molecule is CCCC[C@H](C)[C@@H]1CC(=O)N[C@H](Cc2ccccc2)C(=O)N[C@@H](C)C(=O)N[C@H]([C@H](C)CC)C(=O)O1. The van der Waals surface area contributed by atoms with E-state index in [0.29, 0.717) is 6.42 Å². The van der Waals surface area contributed by atoms with Crippen molar-refractivity contribution in [1.82, 2.24) is 16.0 Å². The Morgan fingerprint density at radius 2 is 1.63 bits per heavy atom. The Hall–Kier alpha value is -2.90. The minimum absolute atomic E-state index is 0.0497. The molecule has 8 nitrogen and oxygen atoms in total. The van der Waals surface area contributed by atoms with Gasteiger partial charge < -0.3 is 20.7 Å². The quantitative estimate of drug-likeness (QED) is 0.488. The minimum atomic E-state index is -0.892. The molecule has 0 aliphatic carbocycles. The van der Waals surface area contributed by atoms with Crippen molar-refractivity contribution < 1.29 is 23.9 Å². The molecule has 35 heavy (non-hydrogen) atoms. The molecule has 1 saturated heterocycles. The van der Waals surface area contributed by atoms with Crippen LogP contribution >= 0.6 is 0 Å². The lowest BCUT2D eigenvalue weighted by atomic mass is 9.94. The monoisotopic (exact) mass is 487 g/mol. The van der Waals surface area contributed by atoms with Crippen molar-refractivity contribution in [2.75, 3.05) is 0 Å². The Morgan fingerprint density at radius 1 is 0.943 bits per heavy atom. The summed E-state index contributed by atoms with van der Waals surface area (Å²) < 4.78 is 5.87. The molecule has 1 heterocycles. The van der Waals surface area contributed by atoms with Gasteiger partial charge in [-0.1, -0.05) is 77.3 Å². The average Bonchev–Trinajstić information content (AvgIpc) is 2.84. The molecule has 0 unspecified atom stereocenters. The Kier molecular flexibility index (Phi) is 11.2. The lowest BCUT2D eigenvalue weighted by Gasteiger charge is -2.29. The van der Waals surface area contributed by atoms with Crippen molar-refractivity contribution in [1.29, 1.82) is 0 Å². The number of ether oxygens (including phenoxy) is 1. The van der Waals surface area contributed by atoms with Crippen LogP contribution < -0.4 is 16.0 Å². The molecule has 1 aliphatic rings. The summed E-state index contributed by atoms with van der Waals surface area (Å²) in [5, 5.41) is 8.28. The van der Waals surface area contributed by atoms with E-state index in [1.807, 2.05) is 51.1 Å². The molecule has 0 radical (unpaired) electrons. The summed E-state index contributed by atoms with van der Waals surface area (Å²) in [6, 6.07) is 6.75. The number of hydrogen-bond donors (Lipinski definition) is 3. The zero-order valence-electron chi connectivity index (χ0n) is 21.6. The summed E-state index contributed by atoms with van der Waals surface area (Å²) in [4.78, 5) is 52.3. The van der Waals surface area contributed by atoms with Crippen LogP contribution in [0.4, 0.5) is 0 Å². The third kappa shape index (κ3) is 8.67. The van der Waals surface area contributed by atoms with Gasteiger partial charge in [-0.05, 0) is 30.7 Å². The highest BCUT2D eigenvalue weighted by atomic mass is 16.5. The number of nitrogens with one attached hydrogen (secondary N) is 3. The van der Waals surface area contributed by atoms with Crippen molar-refractivity contribution >= 4 is 23.7 Å². The van der Waals surface area contributed by atoms with Gasteiger partial charge in [0.25, 0.3) is 0 Å². The van der Waals surface area contributed by atoms with Gasteiger partial charge in [0, 0.05) is 6.42 Å². The maximum Gasteiger partial charge on any atom is 0.329 e. The first kappa shape index (κ1) is 28.3. The summed E-state index contributed by atoms with van der Waals surface area (Å²) in [5.74, 6) is -2.07. The molecule has 1 aromatic rings. The Morgan fingerprint density at radius 3 is 2.26 bits per heavy atom. The number of benzene rings is 1. The molecule has 6 atom stereocenters. The van der Waals surface area contributed by atoms with E-state index in [4.69, 9.17) is 4.74 Å². The lowest BCUT2D eigenvalue weighted by molar-refractivity contribution is -0.158. The van der Waals surface area contributed by atoms with E-state index in [2.05, 4.69) is 22.9 Å². The molecule has 1 aliphatic heterocycles. The summed E-state index contributed by atoms with van der Waals surface area (Å²) >= 11 is 0. The molecule has 8 heteroatoms. The first-order valence-electron chi connectivity index (χ1n) is 12.8. The molecule has 0 bridgehead atoms. The number of cyclic esters (lactones) is 1. The van der Waals surface area contributed by atoms with Crippen molar-refractivity contribution in [3.05, 3.63) is 35.9 Å². The summed E-state index contributed by atoms with van der Waals surface area (Å²) in [6.45, 7) is 9.40.